The molecule has 29 heavy (non-hydrogen) atoms. The van der Waals surface area contributed by atoms with E-state index in [1.165, 1.54) is 4.90 Å². The quantitative estimate of drug-likeness (QED) is 0.705. The number of carbonyl (C=O) groups is 2. The molecule has 8 nitrogen and oxygen atoms in total. The van der Waals surface area contributed by atoms with Crippen LogP contribution in [0.4, 0.5) is 16.2 Å². The molecule has 1 aromatic carbocycles. The zero-order chi connectivity index (χ0) is 21.0. The first-order chi connectivity index (χ1) is 14.0. The molecule has 0 aliphatic heterocycles. The molecule has 0 spiro atoms. The number of nitrogens with zero attached hydrogens (tertiary/aromatic N) is 3. The van der Waals surface area contributed by atoms with Crippen LogP contribution in [-0.4, -0.2) is 30.2 Å². The average molecular weight is 392 g/mol. The van der Waals surface area contributed by atoms with E-state index in [-0.39, 0.29) is 17.7 Å². The smallest absolute Gasteiger partial charge is 0.413 e. The van der Waals surface area contributed by atoms with Gasteiger partial charge in [-0.15, -0.1) is 0 Å². The Morgan fingerprint density at radius 3 is 2.48 bits per heavy atom. The number of furan rings is 1. The van der Waals surface area contributed by atoms with Gasteiger partial charge in [0, 0.05) is 30.8 Å². The van der Waals surface area contributed by atoms with E-state index >= 15 is 0 Å². The summed E-state index contributed by atoms with van der Waals surface area (Å²) in [5.41, 5.74) is 1.48. The fourth-order valence-corrected chi connectivity index (χ4v) is 2.85. The maximum Gasteiger partial charge on any atom is 0.413 e. The predicted octanol–water partition coefficient (Wildman–Crippen LogP) is 4.10. The highest BCUT2D eigenvalue weighted by Crippen LogP contribution is 2.26. The molecule has 0 atom stereocenters. The number of carbonyl (C=O) groups excluding carboxylic acids is 2. The lowest BCUT2D eigenvalue weighted by Crippen LogP contribution is -2.26. The van der Waals surface area contributed by atoms with Gasteiger partial charge < -0.3 is 14.5 Å². The Kier molecular flexibility index (Phi) is 5.69. The minimum atomic E-state index is -0.463. The zero-order valence-electron chi connectivity index (χ0n) is 16.3. The van der Waals surface area contributed by atoms with Crippen molar-refractivity contribution in [3.63, 3.8) is 0 Å². The maximum atomic E-state index is 12.8. The normalized spacial score (nSPS) is 10.3. The van der Waals surface area contributed by atoms with E-state index in [1.54, 1.807) is 74.3 Å². The van der Waals surface area contributed by atoms with Crippen LogP contribution in [0.1, 0.15) is 28.6 Å². The van der Waals surface area contributed by atoms with Crippen LogP contribution in [0, 0.1) is 18.3 Å². The number of hydrogen-bond donors (Lipinski definition) is 1. The summed E-state index contributed by atoms with van der Waals surface area (Å²) < 4.78 is 12.3. The number of nitriles is 1. The maximum absolute atomic E-state index is 12.8. The molecule has 2 amide bonds. The minimum Gasteiger partial charge on any atom is -0.449 e. The first kappa shape index (κ1) is 19.8. The zero-order valence-corrected chi connectivity index (χ0v) is 16.3. The summed E-state index contributed by atoms with van der Waals surface area (Å²) >= 11 is 0. The molecule has 0 aliphatic rings. The highest BCUT2D eigenvalue weighted by atomic mass is 16.6. The van der Waals surface area contributed by atoms with Gasteiger partial charge in [0.15, 0.2) is 0 Å². The van der Waals surface area contributed by atoms with Crippen LogP contribution in [0.3, 0.4) is 0 Å². The van der Waals surface area contributed by atoms with Crippen LogP contribution in [0.15, 0.2) is 53.2 Å². The lowest BCUT2D eigenvalue weighted by molar-refractivity contribution is 0.102. The van der Waals surface area contributed by atoms with Gasteiger partial charge in [0.1, 0.15) is 23.0 Å². The lowest BCUT2D eigenvalue weighted by Gasteiger charge is -2.16. The molecule has 1 N–H and O–H groups in total. The van der Waals surface area contributed by atoms with E-state index in [9.17, 15) is 14.9 Å². The molecule has 3 rings (SSSR count). The van der Waals surface area contributed by atoms with Crippen LogP contribution < -0.4 is 10.2 Å². The number of nitrogens with one attached hydrogen (secondary N) is 1. The van der Waals surface area contributed by atoms with Gasteiger partial charge in [-0.3, -0.25) is 14.3 Å². The Labute approximate surface area is 167 Å². The monoisotopic (exact) mass is 392 g/mol. The van der Waals surface area contributed by atoms with Crippen molar-refractivity contribution in [3.8, 4) is 12.0 Å². The molecule has 2 aromatic heterocycles. The van der Waals surface area contributed by atoms with E-state index < -0.39 is 12.0 Å². The fourth-order valence-electron chi connectivity index (χ4n) is 2.85. The van der Waals surface area contributed by atoms with Gasteiger partial charge >= 0.3 is 6.09 Å². The van der Waals surface area contributed by atoms with Gasteiger partial charge in [0.2, 0.25) is 5.88 Å². The Morgan fingerprint density at radius 2 is 1.90 bits per heavy atom. The first-order valence-corrected chi connectivity index (χ1v) is 8.95. The summed E-state index contributed by atoms with van der Waals surface area (Å²) in [4.78, 5) is 26.0. The van der Waals surface area contributed by atoms with Crippen LogP contribution in [-0.2, 0) is 4.74 Å². The molecule has 2 heterocycles. The van der Waals surface area contributed by atoms with Crippen molar-refractivity contribution in [2.45, 2.75) is 13.8 Å². The molecule has 8 heteroatoms. The van der Waals surface area contributed by atoms with Crippen molar-refractivity contribution in [3.05, 3.63) is 65.7 Å². The Hall–Kier alpha value is -3.99. The lowest BCUT2D eigenvalue weighted by atomic mass is 10.1. The second-order valence-corrected chi connectivity index (χ2v) is 6.17. The summed E-state index contributed by atoms with van der Waals surface area (Å²) in [6.07, 6.45) is 3.01. The molecule has 0 radical (unpaired) electrons. The molecular formula is C21H20N4O4. The number of amides is 2. The van der Waals surface area contributed by atoms with Crippen molar-refractivity contribution in [2.75, 3.05) is 23.9 Å². The molecule has 0 aliphatic carbocycles. The van der Waals surface area contributed by atoms with Crippen LogP contribution in [0.25, 0.3) is 5.88 Å². The van der Waals surface area contributed by atoms with E-state index in [0.29, 0.717) is 23.0 Å². The van der Waals surface area contributed by atoms with Crippen molar-refractivity contribution in [1.82, 2.24) is 4.57 Å². The van der Waals surface area contributed by atoms with Gasteiger partial charge in [-0.1, -0.05) is 0 Å². The number of benzene rings is 1. The number of aryl methyl sites for hydroxylation is 1. The summed E-state index contributed by atoms with van der Waals surface area (Å²) in [6, 6.07) is 12.4. The summed E-state index contributed by atoms with van der Waals surface area (Å²) in [7, 11) is 1.60. The third kappa shape index (κ3) is 3.99. The third-order valence-corrected chi connectivity index (χ3v) is 4.30. The van der Waals surface area contributed by atoms with E-state index in [2.05, 4.69) is 11.4 Å². The number of rotatable bonds is 5. The Morgan fingerprint density at radius 1 is 1.24 bits per heavy atom. The molecular weight excluding hydrogens is 372 g/mol. The summed E-state index contributed by atoms with van der Waals surface area (Å²) in [5.74, 6) is 0.195. The Balaban J connectivity index is 1.81. The van der Waals surface area contributed by atoms with Crippen molar-refractivity contribution >= 4 is 23.4 Å². The fraction of sp³-hybridized carbons (Fsp3) is 0.190. The number of aromatic nitrogens is 1. The topological polar surface area (TPSA) is 100 Å². The van der Waals surface area contributed by atoms with Gasteiger partial charge in [0.25, 0.3) is 5.91 Å². The second kappa shape index (κ2) is 8.35. The third-order valence-electron chi connectivity index (χ3n) is 4.30. The Bertz CT molecular complexity index is 1060. The highest BCUT2D eigenvalue weighted by Gasteiger charge is 2.24. The highest BCUT2D eigenvalue weighted by molar-refractivity contribution is 6.07. The molecule has 3 aromatic rings. The van der Waals surface area contributed by atoms with Gasteiger partial charge in [-0.2, -0.15) is 5.26 Å². The standard InChI is InChI=1S/C21H20N4O4/c1-4-28-21(27)24(3)16-9-7-15(8-10-16)23-19(26)18-14(2)29-20(17(18)13-22)25-11-5-6-12-25/h5-12H,4H2,1-3H3,(H,23,26). The molecule has 0 fully saturated rings. The predicted molar refractivity (Wildman–Crippen MR) is 107 cm³/mol. The molecule has 0 saturated carbocycles. The molecule has 0 unspecified atom stereocenters. The first-order valence-electron chi connectivity index (χ1n) is 8.95. The average Bonchev–Trinajstić information content (AvgIpc) is 3.35. The van der Waals surface area contributed by atoms with Crippen molar-refractivity contribution < 1.29 is 18.7 Å². The SMILES string of the molecule is CCOC(=O)N(C)c1ccc(NC(=O)c2c(C)oc(-n3cccc3)c2C#N)cc1. The van der Waals surface area contributed by atoms with Crippen molar-refractivity contribution in [2.24, 2.45) is 0 Å². The van der Waals surface area contributed by atoms with Gasteiger partial charge in [0.05, 0.1) is 6.61 Å². The van der Waals surface area contributed by atoms with Crippen LogP contribution in [0.2, 0.25) is 0 Å². The van der Waals surface area contributed by atoms with Crippen molar-refractivity contribution in [1.29, 1.82) is 5.26 Å². The molecule has 0 saturated heterocycles. The number of hydrogen-bond acceptors (Lipinski definition) is 5. The summed E-state index contributed by atoms with van der Waals surface area (Å²) in [5, 5.41) is 12.3. The van der Waals surface area contributed by atoms with E-state index in [4.69, 9.17) is 9.15 Å². The minimum absolute atomic E-state index is 0.162. The van der Waals surface area contributed by atoms with Gasteiger partial charge in [-0.05, 0) is 50.2 Å². The largest absolute Gasteiger partial charge is 0.449 e. The van der Waals surface area contributed by atoms with E-state index in [0.717, 1.165) is 0 Å². The summed E-state index contributed by atoms with van der Waals surface area (Å²) in [6.45, 7) is 3.66. The number of anilines is 2. The number of ether oxygens (including phenoxy) is 1. The molecule has 148 valence electrons. The van der Waals surface area contributed by atoms with Gasteiger partial charge in [-0.25, -0.2) is 4.79 Å². The molecule has 0 bridgehead atoms. The van der Waals surface area contributed by atoms with Crippen LogP contribution in [0.5, 0.6) is 0 Å². The second-order valence-electron chi connectivity index (χ2n) is 6.17. The van der Waals surface area contributed by atoms with E-state index in [1.807, 2.05) is 0 Å². The van der Waals surface area contributed by atoms with Crippen LogP contribution >= 0.6 is 0 Å².